The summed E-state index contributed by atoms with van der Waals surface area (Å²) in [6, 6.07) is 4.07. The van der Waals surface area contributed by atoms with Gasteiger partial charge in [-0.3, -0.25) is 4.98 Å². The van der Waals surface area contributed by atoms with E-state index in [1.54, 1.807) is 0 Å². The van der Waals surface area contributed by atoms with Crippen LogP contribution in [-0.4, -0.2) is 10.7 Å². The minimum atomic E-state index is 0.940. The summed E-state index contributed by atoms with van der Waals surface area (Å²) in [5, 5.41) is 0. The molecule has 60 valence electrons. The minimum absolute atomic E-state index is 0.940. The summed E-state index contributed by atoms with van der Waals surface area (Å²) in [5.41, 5.74) is 2.50. The van der Waals surface area contributed by atoms with Crippen molar-refractivity contribution in [3.8, 4) is 0 Å². The Morgan fingerprint density at radius 1 is 1.55 bits per heavy atom. The number of hydrogen-bond acceptors (Lipinski definition) is 2. The molecule has 0 atom stereocenters. The van der Waals surface area contributed by atoms with Gasteiger partial charge in [-0.2, -0.15) is 12.6 Å². The first-order chi connectivity index (χ1) is 5.34. The lowest BCUT2D eigenvalue weighted by Crippen LogP contribution is -1.93. The fraction of sp³-hybridized carbons (Fsp3) is 0.444. The van der Waals surface area contributed by atoms with Crippen LogP contribution in [0.2, 0.25) is 0 Å². The number of rotatable bonds is 3. The highest BCUT2D eigenvalue weighted by Gasteiger charge is 1.96. The van der Waals surface area contributed by atoms with Gasteiger partial charge in [0.15, 0.2) is 0 Å². The number of aromatic nitrogens is 1. The van der Waals surface area contributed by atoms with Gasteiger partial charge in [-0.05, 0) is 37.1 Å². The summed E-state index contributed by atoms with van der Waals surface area (Å²) >= 11 is 4.16. The molecule has 0 aromatic carbocycles. The molecule has 0 fully saturated rings. The van der Waals surface area contributed by atoms with Crippen LogP contribution < -0.4 is 0 Å². The smallest absolute Gasteiger partial charge is 0.0433 e. The van der Waals surface area contributed by atoms with Crippen molar-refractivity contribution < 1.29 is 0 Å². The van der Waals surface area contributed by atoms with Crippen molar-refractivity contribution in [3.05, 3.63) is 29.6 Å². The van der Waals surface area contributed by atoms with Crippen molar-refractivity contribution in [1.82, 2.24) is 4.98 Å². The normalized spacial score (nSPS) is 10.0. The average molecular weight is 167 g/mol. The van der Waals surface area contributed by atoms with E-state index in [9.17, 15) is 0 Å². The first-order valence-corrected chi connectivity index (χ1v) is 4.49. The summed E-state index contributed by atoms with van der Waals surface area (Å²) in [4.78, 5) is 4.28. The van der Waals surface area contributed by atoms with E-state index < -0.39 is 0 Å². The summed E-state index contributed by atoms with van der Waals surface area (Å²) in [6.07, 6.45) is 4.01. The van der Waals surface area contributed by atoms with Crippen molar-refractivity contribution in [2.45, 2.75) is 19.8 Å². The molecule has 1 aromatic rings. The van der Waals surface area contributed by atoms with Crippen LogP contribution in [0.15, 0.2) is 18.3 Å². The van der Waals surface area contributed by atoms with Gasteiger partial charge in [-0.15, -0.1) is 0 Å². The van der Waals surface area contributed by atoms with Crippen LogP contribution in [-0.2, 0) is 6.42 Å². The highest BCUT2D eigenvalue weighted by atomic mass is 32.1. The van der Waals surface area contributed by atoms with Crippen LogP contribution in [0.25, 0.3) is 0 Å². The van der Waals surface area contributed by atoms with Gasteiger partial charge in [0.25, 0.3) is 0 Å². The van der Waals surface area contributed by atoms with Crippen molar-refractivity contribution in [2.75, 3.05) is 5.75 Å². The number of aryl methyl sites for hydroxylation is 2. The van der Waals surface area contributed by atoms with Crippen LogP contribution in [0, 0.1) is 6.92 Å². The molecule has 0 aliphatic rings. The zero-order valence-electron chi connectivity index (χ0n) is 6.75. The monoisotopic (exact) mass is 167 g/mol. The van der Waals surface area contributed by atoms with Gasteiger partial charge in [-0.25, -0.2) is 0 Å². The Hall–Kier alpha value is -0.500. The van der Waals surface area contributed by atoms with Gasteiger partial charge in [0.1, 0.15) is 0 Å². The van der Waals surface area contributed by atoms with Gasteiger partial charge in [0.2, 0.25) is 0 Å². The summed E-state index contributed by atoms with van der Waals surface area (Å²) < 4.78 is 0. The van der Waals surface area contributed by atoms with Crippen LogP contribution in [0.4, 0.5) is 0 Å². The number of nitrogens with zero attached hydrogens (tertiary/aromatic N) is 1. The molecule has 0 aliphatic carbocycles. The topological polar surface area (TPSA) is 12.9 Å². The first-order valence-electron chi connectivity index (χ1n) is 3.86. The first kappa shape index (κ1) is 8.60. The summed E-state index contributed by atoms with van der Waals surface area (Å²) in [5.74, 6) is 0.940. The molecule has 0 saturated carbocycles. The zero-order valence-corrected chi connectivity index (χ0v) is 7.64. The highest BCUT2D eigenvalue weighted by molar-refractivity contribution is 7.80. The Bertz CT molecular complexity index is 223. The van der Waals surface area contributed by atoms with Crippen LogP contribution >= 0.6 is 12.6 Å². The third-order valence-electron chi connectivity index (χ3n) is 1.69. The van der Waals surface area contributed by atoms with Gasteiger partial charge >= 0.3 is 0 Å². The van der Waals surface area contributed by atoms with E-state index in [1.165, 1.54) is 11.3 Å². The summed E-state index contributed by atoms with van der Waals surface area (Å²) in [7, 11) is 0. The average Bonchev–Trinajstić information content (AvgIpc) is 2.03. The fourth-order valence-electron chi connectivity index (χ4n) is 1.03. The maximum atomic E-state index is 4.28. The molecule has 0 N–H and O–H groups in total. The number of hydrogen-bond donors (Lipinski definition) is 1. The third-order valence-corrected chi connectivity index (χ3v) is 2.01. The molecule has 1 heterocycles. The molecule has 0 saturated heterocycles. The molecule has 0 spiro atoms. The van der Waals surface area contributed by atoms with E-state index >= 15 is 0 Å². The van der Waals surface area contributed by atoms with E-state index in [-0.39, 0.29) is 0 Å². The lowest BCUT2D eigenvalue weighted by Gasteiger charge is -2.01. The van der Waals surface area contributed by atoms with E-state index in [0.717, 1.165) is 18.6 Å². The molecule has 0 aliphatic heterocycles. The second-order valence-corrected chi connectivity index (χ2v) is 3.04. The van der Waals surface area contributed by atoms with Gasteiger partial charge in [0, 0.05) is 11.9 Å². The molecule has 1 rings (SSSR count). The van der Waals surface area contributed by atoms with E-state index in [1.807, 2.05) is 12.3 Å². The molecular formula is C9H13NS. The molecule has 0 amide bonds. The third kappa shape index (κ3) is 2.54. The largest absolute Gasteiger partial charge is 0.261 e. The molecule has 1 nitrogen and oxygen atoms in total. The van der Waals surface area contributed by atoms with Crippen LogP contribution in [0.3, 0.4) is 0 Å². The van der Waals surface area contributed by atoms with Crippen LogP contribution in [0.5, 0.6) is 0 Å². The standard InChI is InChI=1S/C9H13NS/c1-8-4-2-6-10-9(8)5-3-7-11/h2,4,6,11H,3,5,7H2,1H3. The Morgan fingerprint density at radius 3 is 3.00 bits per heavy atom. The van der Waals surface area contributed by atoms with Crippen LogP contribution in [0.1, 0.15) is 17.7 Å². The molecule has 11 heavy (non-hydrogen) atoms. The molecular weight excluding hydrogens is 154 g/mol. The Labute approximate surface area is 73.3 Å². The van der Waals surface area contributed by atoms with E-state index in [4.69, 9.17) is 0 Å². The van der Waals surface area contributed by atoms with Gasteiger partial charge < -0.3 is 0 Å². The zero-order chi connectivity index (χ0) is 8.10. The molecule has 1 aromatic heterocycles. The molecule has 0 bridgehead atoms. The van der Waals surface area contributed by atoms with Crippen molar-refractivity contribution in [2.24, 2.45) is 0 Å². The lowest BCUT2D eigenvalue weighted by atomic mass is 10.1. The van der Waals surface area contributed by atoms with Crippen molar-refractivity contribution in [1.29, 1.82) is 0 Å². The molecule has 0 unspecified atom stereocenters. The Kier molecular flexibility index (Phi) is 3.43. The molecule has 0 radical (unpaired) electrons. The minimum Gasteiger partial charge on any atom is -0.261 e. The van der Waals surface area contributed by atoms with Gasteiger partial charge in [0.05, 0.1) is 0 Å². The number of thiol groups is 1. The second kappa shape index (κ2) is 4.39. The predicted octanol–water partition coefficient (Wildman–Crippen LogP) is 2.25. The summed E-state index contributed by atoms with van der Waals surface area (Å²) in [6.45, 7) is 2.10. The highest BCUT2D eigenvalue weighted by Crippen LogP contribution is 2.05. The molecule has 2 heteroatoms. The Morgan fingerprint density at radius 2 is 2.36 bits per heavy atom. The second-order valence-electron chi connectivity index (χ2n) is 2.59. The fourth-order valence-corrected chi connectivity index (χ4v) is 1.18. The van der Waals surface area contributed by atoms with Crippen molar-refractivity contribution in [3.63, 3.8) is 0 Å². The quantitative estimate of drug-likeness (QED) is 0.681. The Balaban J connectivity index is 2.62. The maximum Gasteiger partial charge on any atom is 0.0433 e. The maximum absolute atomic E-state index is 4.28. The SMILES string of the molecule is Cc1cccnc1CCCS. The van der Waals surface area contributed by atoms with E-state index in [0.29, 0.717) is 0 Å². The van der Waals surface area contributed by atoms with Crippen molar-refractivity contribution >= 4 is 12.6 Å². The lowest BCUT2D eigenvalue weighted by molar-refractivity contribution is 0.882. The number of pyridine rings is 1. The van der Waals surface area contributed by atoms with E-state index in [2.05, 4.69) is 30.6 Å². The predicted molar refractivity (Wildman–Crippen MR) is 51.1 cm³/mol. The van der Waals surface area contributed by atoms with Gasteiger partial charge in [-0.1, -0.05) is 6.07 Å².